The van der Waals surface area contributed by atoms with Crippen molar-refractivity contribution in [3.8, 4) is 0 Å². The van der Waals surface area contributed by atoms with Crippen LogP contribution in [0.5, 0.6) is 0 Å². The maximum atomic E-state index is 12.4. The second-order valence-corrected chi connectivity index (χ2v) is 8.39. The van der Waals surface area contributed by atoms with Crippen LogP contribution in [-0.2, 0) is 20.8 Å². The van der Waals surface area contributed by atoms with E-state index in [-0.39, 0.29) is 17.8 Å². The summed E-state index contributed by atoms with van der Waals surface area (Å²) in [7, 11) is 0. The smallest absolute Gasteiger partial charge is 0.341 e. The Kier molecular flexibility index (Phi) is 7.14. The van der Waals surface area contributed by atoms with E-state index in [2.05, 4.69) is 14.9 Å². The SMILES string of the molecule is CCOC(=O)c1ccsc1NC(=O)CSc1nc(C)c(C)n1C[C@@H]1CCCO1. The fourth-order valence-corrected chi connectivity index (χ4v) is 4.70. The van der Waals surface area contributed by atoms with E-state index in [1.807, 2.05) is 13.8 Å². The van der Waals surface area contributed by atoms with Crippen LogP contribution in [0.25, 0.3) is 0 Å². The van der Waals surface area contributed by atoms with Crippen LogP contribution >= 0.6 is 23.1 Å². The first-order chi connectivity index (χ1) is 13.5. The van der Waals surface area contributed by atoms with Crippen molar-refractivity contribution in [2.45, 2.75) is 51.4 Å². The monoisotopic (exact) mass is 423 g/mol. The van der Waals surface area contributed by atoms with Crippen LogP contribution in [0.2, 0.25) is 0 Å². The minimum absolute atomic E-state index is 0.181. The number of nitrogens with zero attached hydrogens (tertiary/aromatic N) is 2. The van der Waals surface area contributed by atoms with E-state index in [0.717, 1.165) is 42.5 Å². The molecule has 1 fully saturated rings. The van der Waals surface area contributed by atoms with Crippen LogP contribution in [0.1, 0.15) is 41.5 Å². The highest BCUT2D eigenvalue weighted by Crippen LogP contribution is 2.27. The second-order valence-electron chi connectivity index (χ2n) is 6.53. The number of rotatable bonds is 8. The zero-order chi connectivity index (χ0) is 20.1. The highest BCUT2D eigenvalue weighted by Gasteiger charge is 2.21. The van der Waals surface area contributed by atoms with E-state index in [0.29, 0.717) is 17.2 Å². The number of amides is 1. The van der Waals surface area contributed by atoms with E-state index < -0.39 is 5.97 Å². The molecule has 152 valence electrons. The molecule has 1 saturated heterocycles. The van der Waals surface area contributed by atoms with Gasteiger partial charge in [-0.25, -0.2) is 9.78 Å². The van der Waals surface area contributed by atoms with Gasteiger partial charge < -0.3 is 19.4 Å². The number of carbonyl (C=O) groups excluding carboxylic acids is 2. The van der Waals surface area contributed by atoms with Gasteiger partial charge in [-0.1, -0.05) is 11.8 Å². The number of hydrogen-bond acceptors (Lipinski definition) is 7. The summed E-state index contributed by atoms with van der Waals surface area (Å²) in [5, 5.41) is 5.90. The zero-order valence-corrected chi connectivity index (χ0v) is 18.0. The zero-order valence-electron chi connectivity index (χ0n) is 16.3. The van der Waals surface area contributed by atoms with Gasteiger partial charge in [0.15, 0.2) is 5.16 Å². The minimum Gasteiger partial charge on any atom is -0.462 e. The summed E-state index contributed by atoms with van der Waals surface area (Å²) in [6, 6.07) is 1.66. The van der Waals surface area contributed by atoms with E-state index in [1.165, 1.54) is 23.1 Å². The Hall–Kier alpha value is -1.84. The third kappa shape index (κ3) is 4.95. The standard InChI is InChI=1S/C19H25N3O4S2/c1-4-25-18(24)15-7-9-27-17(15)21-16(23)11-28-19-20-12(2)13(3)22(19)10-14-6-5-8-26-14/h7,9,14H,4-6,8,10-11H2,1-3H3,(H,21,23)/t14-/m0/s1. The quantitative estimate of drug-likeness (QED) is 0.516. The van der Waals surface area contributed by atoms with Gasteiger partial charge >= 0.3 is 5.97 Å². The lowest BCUT2D eigenvalue weighted by Crippen LogP contribution is -2.18. The third-order valence-electron chi connectivity index (χ3n) is 4.58. The van der Waals surface area contributed by atoms with Gasteiger partial charge in [0.1, 0.15) is 5.00 Å². The van der Waals surface area contributed by atoms with Gasteiger partial charge in [-0.3, -0.25) is 4.79 Å². The summed E-state index contributed by atoms with van der Waals surface area (Å²) < 4.78 is 12.9. The van der Waals surface area contributed by atoms with E-state index in [4.69, 9.17) is 9.47 Å². The van der Waals surface area contributed by atoms with Crippen molar-refractivity contribution in [3.05, 3.63) is 28.4 Å². The molecule has 0 aliphatic carbocycles. The van der Waals surface area contributed by atoms with Crippen molar-refractivity contribution >= 4 is 40.0 Å². The molecule has 2 aromatic heterocycles. The normalized spacial score (nSPS) is 16.3. The highest BCUT2D eigenvalue weighted by atomic mass is 32.2. The van der Waals surface area contributed by atoms with Crippen LogP contribution in [-0.4, -0.2) is 46.5 Å². The summed E-state index contributed by atoms with van der Waals surface area (Å²) in [4.78, 5) is 29.0. The van der Waals surface area contributed by atoms with Crippen LogP contribution in [0.15, 0.2) is 16.6 Å². The van der Waals surface area contributed by atoms with Crippen molar-refractivity contribution in [2.24, 2.45) is 0 Å². The Morgan fingerprint density at radius 2 is 2.29 bits per heavy atom. The van der Waals surface area contributed by atoms with E-state index in [1.54, 1.807) is 18.4 Å². The number of anilines is 1. The number of carbonyl (C=O) groups is 2. The number of thiophene rings is 1. The number of aromatic nitrogens is 2. The lowest BCUT2D eigenvalue weighted by Gasteiger charge is -2.14. The average Bonchev–Trinajstić information content (AvgIpc) is 3.39. The summed E-state index contributed by atoms with van der Waals surface area (Å²) >= 11 is 2.70. The molecule has 1 aliphatic heterocycles. The molecule has 1 N–H and O–H groups in total. The topological polar surface area (TPSA) is 82.5 Å². The number of hydrogen-bond donors (Lipinski definition) is 1. The van der Waals surface area contributed by atoms with E-state index in [9.17, 15) is 9.59 Å². The maximum Gasteiger partial charge on any atom is 0.341 e. The molecule has 0 saturated carbocycles. The van der Waals surface area contributed by atoms with Gasteiger partial charge in [0.25, 0.3) is 0 Å². The van der Waals surface area contributed by atoms with Crippen molar-refractivity contribution in [3.63, 3.8) is 0 Å². The predicted octanol–water partition coefficient (Wildman–Crippen LogP) is 3.65. The predicted molar refractivity (Wildman–Crippen MR) is 110 cm³/mol. The molecule has 1 aliphatic rings. The van der Waals surface area contributed by atoms with Crippen molar-refractivity contribution in [1.82, 2.24) is 9.55 Å². The fraction of sp³-hybridized carbons (Fsp3) is 0.526. The van der Waals surface area contributed by atoms with Crippen LogP contribution in [0.4, 0.5) is 5.00 Å². The largest absolute Gasteiger partial charge is 0.462 e. The highest BCUT2D eigenvalue weighted by molar-refractivity contribution is 7.99. The molecule has 0 bridgehead atoms. The molecule has 3 heterocycles. The molecule has 9 heteroatoms. The van der Waals surface area contributed by atoms with Gasteiger partial charge in [-0.05, 0) is 45.1 Å². The molecular weight excluding hydrogens is 398 g/mol. The molecule has 28 heavy (non-hydrogen) atoms. The van der Waals surface area contributed by atoms with Crippen molar-refractivity contribution in [1.29, 1.82) is 0 Å². The molecule has 7 nitrogen and oxygen atoms in total. The number of thioether (sulfide) groups is 1. The van der Waals surface area contributed by atoms with Crippen LogP contribution in [0.3, 0.4) is 0 Å². The Balaban J connectivity index is 1.61. The maximum absolute atomic E-state index is 12.4. The molecule has 2 aromatic rings. The minimum atomic E-state index is -0.426. The number of ether oxygens (including phenoxy) is 2. The lowest BCUT2D eigenvalue weighted by molar-refractivity contribution is -0.113. The molecular formula is C19H25N3O4S2. The fourth-order valence-electron chi connectivity index (χ4n) is 3.01. The van der Waals surface area contributed by atoms with Crippen molar-refractivity contribution in [2.75, 3.05) is 24.3 Å². The first kappa shape index (κ1) is 20.9. The summed E-state index contributed by atoms with van der Waals surface area (Å²) in [6.07, 6.45) is 2.35. The number of aryl methyl sites for hydroxylation is 1. The lowest BCUT2D eigenvalue weighted by atomic mass is 10.2. The number of nitrogens with one attached hydrogen (secondary N) is 1. The summed E-state index contributed by atoms with van der Waals surface area (Å²) in [5.74, 6) is -0.397. The first-order valence-electron chi connectivity index (χ1n) is 9.32. The molecule has 1 amide bonds. The Bertz CT molecular complexity index is 840. The molecule has 0 radical (unpaired) electrons. The second kappa shape index (κ2) is 9.58. The average molecular weight is 424 g/mol. The third-order valence-corrected chi connectivity index (χ3v) is 6.39. The summed E-state index contributed by atoms with van der Waals surface area (Å²) in [5.41, 5.74) is 2.45. The first-order valence-corrected chi connectivity index (χ1v) is 11.2. The Labute approximate surface area is 172 Å². The summed E-state index contributed by atoms with van der Waals surface area (Å²) in [6.45, 7) is 7.63. The number of esters is 1. The Morgan fingerprint density at radius 1 is 1.46 bits per heavy atom. The van der Waals surface area contributed by atoms with Crippen LogP contribution < -0.4 is 5.32 Å². The van der Waals surface area contributed by atoms with Gasteiger partial charge in [0, 0.05) is 12.3 Å². The molecule has 1 atom stereocenters. The molecule has 0 spiro atoms. The Morgan fingerprint density at radius 3 is 3.00 bits per heavy atom. The van der Waals surface area contributed by atoms with Gasteiger partial charge in [0.2, 0.25) is 5.91 Å². The van der Waals surface area contributed by atoms with Gasteiger partial charge in [0.05, 0.1) is 36.3 Å². The number of imidazole rings is 1. The van der Waals surface area contributed by atoms with Crippen molar-refractivity contribution < 1.29 is 19.1 Å². The van der Waals surface area contributed by atoms with Gasteiger partial charge in [-0.15, -0.1) is 11.3 Å². The van der Waals surface area contributed by atoms with Crippen LogP contribution in [0, 0.1) is 13.8 Å². The molecule has 0 aromatic carbocycles. The van der Waals surface area contributed by atoms with Gasteiger partial charge in [-0.2, -0.15) is 0 Å². The molecule has 0 unspecified atom stereocenters. The molecule has 3 rings (SSSR count). The van der Waals surface area contributed by atoms with E-state index >= 15 is 0 Å².